The van der Waals surface area contributed by atoms with Gasteiger partial charge in [-0.15, -0.1) is 0 Å². The van der Waals surface area contributed by atoms with Crippen molar-refractivity contribution in [3.8, 4) is 0 Å². The van der Waals surface area contributed by atoms with E-state index in [2.05, 4.69) is 4.42 Å². The van der Waals surface area contributed by atoms with Crippen LogP contribution in [0.4, 0.5) is 0 Å². The Morgan fingerprint density at radius 1 is 1.00 bits per heavy atom. The van der Waals surface area contributed by atoms with E-state index in [4.69, 9.17) is 0 Å². The van der Waals surface area contributed by atoms with Crippen LogP contribution < -0.4 is 0 Å². The Morgan fingerprint density at radius 3 is 1.83 bits per heavy atom. The van der Waals surface area contributed by atoms with Gasteiger partial charge in [-0.2, -0.15) is 0 Å². The topological polar surface area (TPSA) is 30.2 Å². The molecule has 2 nitrogen and oxygen atoms in total. The monoisotopic (exact) mass is 166 g/mol. The van der Waals surface area contributed by atoms with Gasteiger partial charge >= 0.3 is 0 Å². The maximum absolute atomic E-state index is 10.5. The second-order valence-electron chi connectivity index (χ2n) is 2.89. The molecule has 0 saturated heterocycles. The van der Waals surface area contributed by atoms with Crippen LogP contribution in [0.2, 0.25) is 0 Å². The molecule has 0 atom stereocenters. The lowest BCUT2D eigenvalue weighted by molar-refractivity contribution is -0.120. The van der Waals surface area contributed by atoms with Crippen LogP contribution in [-0.4, -0.2) is 5.78 Å². The van der Waals surface area contributed by atoms with Crippen LogP contribution in [0.5, 0.6) is 0 Å². The van der Waals surface area contributed by atoms with Crippen LogP contribution in [0.25, 0.3) is 0 Å². The summed E-state index contributed by atoms with van der Waals surface area (Å²) in [4.78, 5) is 10.5. The summed E-state index contributed by atoms with van der Waals surface area (Å²) in [5.41, 5.74) is 0. The number of furan rings is 1. The highest BCUT2D eigenvalue weighted by molar-refractivity contribution is 5.78. The zero-order valence-electron chi connectivity index (χ0n) is 7.16. The lowest BCUT2D eigenvalue weighted by Gasteiger charge is -2.05. The molecule has 0 spiro atoms. The Bertz CT molecular complexity index is 176. The summed E-state index contributed by atoms with van der Waals surface area (Å²) < 4.78 is 4.58. The quantitative estimate of drug-likeness (QED) is 0.593. The van der Waals surface area contributed by atoms with Gasteiger partial charge in [0, 0.05) is 12.8 Å². The predicted molar refractivity (Wildman–Crippen MR) is 46.8 cm³/mol. The second-order valence-corrected chi connectivity index (χ2v) is 2.89. The van der Waals surface area contributed by atoms with E-state index < -0.39 is 0 Å². The van der Waals surface area contributed by atoms with Crippen LogP contribution in [0.3, 0.4) is 0 Å². The molecule has 1 fully saturated rings. The van der Waals surface area contributed by atoms with Crippen molar-refractivity contribution < 1.29 is 9.21 Å². The summed E-state index contributed by atoms with van der Waals surface area (Å²) in [6, 6.07) is 3.67. The summed E-state index contributed by atoms with van der Waals surface area (Å²) >= 11 is 0. The van der Waals surface area contributed by atoms with Gasteiger partial charge in [-0.3, -0.25) is 4.79 Å². The van der Waals surface area contributed by atoms with E-state index in [0.29, 0.717) is 5.78 Å². The number of Topliss-reactive ketones (excluding diaryl/α,β-unsaturated/α-hetero) is 1. The van der Waals surface area contributed by atoms with Gasteiger partial charge in [-0.1, -0.05) is 6.42 Å². The number of ketones is 1. The van der Waals surface area contributed by atoms with Gasteiger partial charge in [0.2, 0.25) is 0 Å². The summed E-state index contributed by atoms with van der Waals surface area (Å²) in [6.45, 7) is 0. The summed E-state index contributed by atoms with van der Waals surface area (Å²) in [7, 11) is 0. The number of carbonyl (C=O) groups excluding carboxylic acids is 1. The third kappa shape index (κ3) is 3.96. The summed E-state index contributed by atoms with van der Waals surface area (Å²) in [5, 5.41) is 0. The lowest BCUT2D eigenvalue weighted by atomic mass is 10.00. The first-order chi connectivity index (χ1) is 5.89. The smallest absolute Gasteiger partial charge is 0.132 e. The highest BCUT2D eigenvalue weighted by atomic mass is 16.3. The number of carbonyl (C=O) groups is 1. The lowest BCUT2D eigenvalue weighted by Crippen LogP contribution is -2.02. The Kier molecular flexibility index (Phi) is 4.21. The molecule has 0 amide bonds. The molecule has 0 aliphatic heterocycles. The minimum atomic E-state index is 0.464. The molecule has 1 heterocycles. The number of hydrogen-bond acceptors (Lipinski definition) is 2. The number of hydrogen-bond donors (Lipinski definition) is 0. The highest BCUT2D eigenvalue weighted by Crippen LogP contribution is 2.12. The molecule has 0 N–H and O–H groups in total. The van der Waals surface area contributed by atoms with Crippen LogP contribution >= 0.6 is 0 Å². The van der Waals surface area contributed by atoms with E-state index in [9.17, 15) is 4.79 Å². The molecule has 0 radical (unpaired) electrons. The third-order valence-electron chi connectivity index (χ3n) is 1.84. The van der Waals surface area contributed by atoms with E-state index in [0.717, 1.165) is 25.7 Å². The fraction of sp³-hybridized carbons (Fsp3) is 0.500. The van der Waals surface area contributed by atoms with Crippen molar-refractivity contribution in [2.24, 2.45) is 0 Å². The molecule has 0 bridgehead atoms. The fourth-order valence-corrected chi connectivity index (χ4v) is 1.17. The van der Waals surface area contributed by atoms with Gasteiger partial charge in [-0.25, -0.2) is 0 Å². The second kappa shape index (κ2) is 5.58. The highest BCUT2D eigenvalue weighted by Gasteiger charge is 2.05. The molecule has 12 heavy (non-hydrogen) atoms. The molecule has 0 unspecified atom stereocenters. The van der Waals surface area contributed by atoms with Gasteiger partial charge in [0.05, 0.1) is 12.5 Å². The normalized spacial score (nSPS) is 16.5. The first-order valence-electron chi connectivity index (χ1n) is 4.38. The summed E-state index contributed by atoms with van der Waals surface area (Å²) in [5.74, 6) is 0.464. The molecule has 1 aromatic rings. The molecule has 2 rings (SSSR count). The van der Waals surface area contributed by atoms with E-state index in [-0.39, 0.29) is 0 Å². The van der Waals surface area contributed by atoms with Crippen molar-refractivity contribution in [2.45, 2.75) is 32.1 Å². The molecule has 1 aliphatic rings. The van der Waals surface area contributed by atoms with Crippen molar-refractivity contribution in [1.82, 2.24) is 0 Å². The Balaban J connectivity index is 0.000000127. The first kappa shape index (κ1) is 9.04. The molecule has 1 aliphatic carbocycles. The Labute approximate surface area is 72.6 Å². The maximum atomic E-state index is 10.5. The van der Waals surface area contributed by atoms with Gasteiger partial charge in [0.1, 0.15) is 5.78 Å². The Hall–Kier alpha value is -1.05. The van der Waals surface area contributed by atoms with E-state index >= 15 is 0 Å². The van der Waals surface area contributed by atoms with E-state index in [1.165, 1.54) is 6.42 Å². The third-order valence-corrected chi connectivity index (χ3v) is 1.84. The molecular formula is C10H14O2. The Morgan fingerprint density at radius 2 is 1.58 bits per heavy atom. The van der Waals surface area contributed by atoms with Gasteiger partial charge < -0.3 is 4.42 Å². The van der Waals surface area contributed by atoms with Gasteiger partial charge in [0.25, 0.3) is 0 Å². The van der Waals surface area contributed by atoms with E-state index in [1.54, 1.807) is 12.5 Å². The zero-order valence-corrected chi connectivity index (χ0v) is 7.16. The molecule has 66 valence electrons. The first-order valence-corrected chi connectivity index (χ1v) is 4.38. The number of rotatable bonds is 0. The standard InChI is InChI=1S/C6H10O.C4H4O/c7-6-4-2-1-3-5-6;1-2-4-5-3-1/h1-5H2;1-4H. The van der Waals surface area contributed by atoms with Crippen molar-refractivity contribution in [3.63, 3.8) is 0 Å². The van der Waals surface area contributed by atoms with Gasteiger partial charge in [-0.05, 0) is 25.0 Å². The van der Waals surface area contributed by atoms with Crippen molar-refractivity contribution >= 4 is 5.78 Å². The van der Waals surface area contributed by atoms with Gasteiger partial charge in [0.15, 0.2) is 0 Å². The van der Waals surface area contributed by atoms with E-state index in [1.807, 2.05) is 12.1 Å². The van der Waals surface area contributed by atoms with Crippen LogP contribution in [-0.2, 0) is 4.79 Å². The summed E-state index contributed by atoms with van der Waals surface area (Å²) in [6.07, 6.45) is 8.49. The maximum Gasteiger partial charge on any atom is 0.132 e. The molecule has 2 heteroatoms. The minimum Gasteiger partial charge on any atom is -0.473 e. The van der Waals surface area contributed by atoms with Crippen molar-refractivity contribution in [1.29, 1.82) is 0 Å². The zero-order chi connectivity index (χ0) is 8.65. The van der Waals surface area contributed by atoms with Crippen LogP contribution in [0, 0.1) is 0 Å². The average molecular weight is 166 g/mol. The molecule has 1 aromatic heterocycles. The fourth-order valence-electron chi connectivity index (χ4n) is 1.17. The largest absolute Gasteiger partial charge is 0.473 e. The molecule has 1 saturated carbocycles. The molecule has 0 aromatic carbocycles. The SMILES string of the molecule is O=C1CCCCC1.c1ccoc1. The van der Waals surface area contributed by atoms with Crippen molar-refractivity contribution in [2.75, 3.05) is 0 Å². The van der Waals surface area contributed by atoms with Crippen LogP contribution in [0.1, 0.15) is 32.1 Å². The predicted octanol–water partition coefficient (Wildman–Crippen LogP) is 2.80. The van der Waals surface area contributed by atoms with Crippen molar-refractivity contribution in [3.05, 3.63) is 24.7 Å². The molecular weight excluding hydrogens is 152 g/mol. The average Bonchev–Trinajstić information content (AvgIpc) is 2.62. The minimum absolute atomic E-state index is 0.464. The van der Waals surface area contributed by atoms with Crippen LogP contribution in [0.15, 0.2) is 29.1 Å².